The molecule has 0 aromatic carbocycles. The maximum atomic E-state index is 9.30. The highest BCUT2D eigenvalue weighted by Crippen LogP contribution is 1.93. The van der Waals surface area contributed by atoms with E-state index in [0.29, 0.717) is 12.8 Å². The fourth-order valence-corrected chi connectivity index (χ4v) is 0.845. The zero-order valence-electron chi connectivity index (χ0n) is 10.1. The fourth-order valence-electron chi connectivity index (χ4n) is 0.845. The van der Waals surface area contributed by atoms with Crippen molar-refractivity contribution >= 4 is 0 Å². The van der Waals surface area contributed by atoms with E-state index in [1.165, 1.54) is 0 Å². The molecule has 0 radical (unpaired) electrons. The van der Waals surface area contributed by atoms with Crippen LogP contribution < -0.4 is 0 Å². The second-order valence-corrected chi connectivity index (χ2v) is 3.30. The number of hydrogen-bond donors (Lipinski definition) is 2. The van der Waals surface area contributed by atoms with Crippen molar-refractivity contribution in [3.63, 3.8) is 0 Å². The first kappa shape index (κ1) is 15.3. The summed E-state index contributed by atoms with van der Waals surface area (Å²) in [4.78, 5) is 0. The second-order valence-electron chi connectivity index (χ2n) is 3.30. The van der Waals surface area contributed by atoms with Gasteiger partial charge in [0, 0.05) is 0 Å². The van der Waals surface area contributed by atoms with Gasteiger partial charge in [0.1, 0.15) is 6.10 Å². The van der Waals surface area contributed by atoms with E-state index >= 15 is 0 Å². The molecule has 0 fully saturated rings. The molecule has 0 amide bonds. The van der Waals surface area contributed by atoms with Crippen LogP contribution in [0, 0.1) is 23.7 Å². The Kier molecular flexibility index (Phi) is 9.67. The minimum atomic E-state index is -0.595. The van der Waals surface area contributed by atoms with Crippen LogP contribution in [0.3, 0.4) is 0 Å². The van der Waals surface area contributed by atoms with Gasteiger partial charge < -0.3 is 10.2 Å². The average molecular weight is 230 g/mol. The van der Waals surface area contributed by atoms with Crippen LogP contribution in [0.15, 0.2) is 37.0 Å². The van der Waals surface area contributed by atoms with Crippen LogP contribution in [0.5, 0.6) is 0 Å². The van der Waals surface area contributed by atoms with Crippen LogP contribution in [-0.4, -0.2) is 22.4 Å². The maximum Gasteiger partial charge on any atom is 0.115 e. The SMILES string of the molecule is C=CC[C@@H](O)/C=C/C=C/C#CC#C[C@@H](O)CC. The van der Waals surface area contributed by atoms with Gasteiger partial charge in [0.15, 0.2) is 0 Å². The lowest BCUT2D eigenvalue weighted by atomic mass is 10.2. The van der Waals surface area contributed by atoms with Crippen molar-refractivity contribution in [3.05, 3.63) is 37.0 Å². The minimum absolute atomic E-state index is 0.496. The molecular weight excluding hydrogens is 212 g/mol. The predicted molar refractivity (Wildman–Crippen MR) is 71.0 cm³/mol. The third kappa shape index (κ3) is 10.5. The molecule has 90 valence electrons. The highest BCUT2D eigenvalue weighted by molar-refractivity contribution is 5.32. The van der Waals surface area contributed by atoms with Crippen molar-refractivity contribution in [2.45, 2.75) is 32.0 Å². The number of rotatable bonds is 5. The Balaban J connectivity index is 3.98. The van der Waals surface area contributed by atoms with E-state index < -0.39 is 12.2 Å². The van der Waals surface area contributed by atoms with Crippen molar-refractivity contribution in [3.8, 4) is 23.7 Å². The van der Waals surface area contributed by atoms with Gasteiger partial charge in [-0.3, -0.25) is 0 Å². The first-order valence-corrected chi connectivity index (χ1v) is 5.52. The molecule has 0 saturated carbocycles. The van der Waals surface area contributed by atoms with E-state index in [2.05, 4.69) is 30.3 Å². The van der Waals surface area contributed by atoms with Gasteiger partial charge in [0.05, 0.1) is 6.10 Å². The van der Waals surface area contributed by atoms with Gasteiger partial charge in [-0.1, -0.05) is 43.1 Å². The molecule has 0 rings (SSSR count). The van der Waals surface area contributed by atoms with Crippen LogP contribution in [0.4, 0.5) is 0 Å². The molecule has 0 aromatic rings. The van der Waals surface area contributed by atoms with E-state index in [4.69, 9.17) is 5.11 Å². The van der Waals surface area contributed by atoms with Crippen molar-refractivity contribution in [2.24, 2.45) is 0 Å². The molecule has 0 bridgehead atoms. The quantitative estimate of drug-likeness (QED) is 0.429. The average Bonchev–Trinajstić information content (AvgIpc) is 2.32. The molecule has 17 heavy (non-hydrogen) atoms. The van der Waals surface area contributed by atoms with Gasteiger partial charge in [-0.05, 0) is 30.8 Å². The molecule has 0 saturated heterocycles. The summed E-state index contributed by atoms with van der Waals surface area (Å²) < 4.78 is 0. The van der Waals surface area contributed by atoms with Crippen LogP contribution in [0.1, 0.15) is 19.8 Å². The molecule has 2 nitrogen and oxygen atoms in total. The lowest BCUT2D eigenvalue weighted by Crippen LogP contribution is -1.98. The smallest absolute Gasteiger partial charge is 0.115 e. The standard InChI is InChI=1S/C15H18O2/c1-3-11-15(17)13-10-8-6-5-7-9-12-14(16)4-2/h3,6,8,10,13-17H,1,4,11H2,2H3/b8-6+,13-10+/t14-,15+/m0/s1. The Morgan fingerprint density at radius 1 is 1.24 bits per heavy atom. The van der Waals surface area contributed by atoms with Crippen molar-refractivity contribution in [2.75, 3.05) is 0 Å². The normalized spacial score (nSPS) is 13.6. The molecule has 2 N–H and O–H groups in total. The summed E-state index contributed by atoms with van der Waals surface area (Å²) in [6.45, 7) is 5.38. The minimum Gasteiger partial charge on any atom is -0.389 e. The molecule has 2 heteroatoms. The van der Waals surface area contributed by atoms with Gasteiger partial charge in [0.2, 0.25) is 0 Å². The molecular formula is C15H18O2. The zero-order chi connectivity index (χ0) is 12.9. The van der Waals surface area contributed by atoms with Crippen LogP contribution in [0.25, 0.3) is 0 Å². The summed E-state index contributed by atoms with van der Waals surface area (Å²) in [5.74, 6) is 10.4. The van der Waals surface area contributed by atoms with E-state index in [1.807, 2.05) is 6.92 Å². The monoisotopic (exact) mass is 230 g/mol. The third-order valence-corrected chi connectivity index (χ3v) is 1.79. The number of aliphatic hydroxyl groups is 2. The maximum absolute atomic E-state index is 9.30. The summed E-state index contributed by atoms with van der Waals surface area (Å²) in [5, 5.41) is 18.4. The molecule has 0 aliphatic carbocycles. The van der Waals surface area contributed by atoms with Crippen molar-refractivity contribution < 1.29 is 10.2 Å². The first-order valence-electron chi connectivity index (χ1n) is 5.52. The summed E-state index contributed by atoms with van der Waals surface area (Å²) in [7, 11) is 0. The van der Waals surface area contributed by atoms with Crippen LogP contribution >= 0.6 is 0 Å². The van der Waals surface area contributed by atoms with Gasteiger partial charge >= 0.3 is 0 Å². The van der Waals surface area contributed by atoms with Gasteiger partial charge in [-0.25, -0.2) is 0 Å². The lowest BCUT2D eigenvalue weighted by Gasteiger charge is -1.97. The number of hydrogen-bond acceptors (Lipinski definition) is 2. The van der Waals surface area contributed by atoms with Crippen LogP contribution in [0.2, 0.25) is 0 Å². The van der Waals surface area contributed by atoms with Crippen molar-refractivity contribution in [1.29, 1.82) is 0 Å². The Bertz CT molecular complexity index is 383. The van der Waals surface area contributed by atoms with E-state index in [0.717, 1.165) is 0 Å². The Morgan fingerprint density at radius 3 is 2.65 bits per heavy atom. The summed E-state index contributed by atoms with van der Waals surface area (Å²) in [6, 6.07) is 0. The lowest BCUT2D eigenvalue weighted by molar-refractivity contribution is 0.227. The van der Waals surface area contributed by atoms with Gasteiger partial charge in [-0.2, -0.15) is 0 Å². The summed E-state index contributed by atoms with van der Waals surface area (Å²) >= 11 is 0. The molecule has 0 aliphatic heterocycles. The van der Waals surface area contributed by atoms with E-state index in [-0.39, 0.29) is 0 Å². The van der Waals surface area contributed by atoms with Gasteiger partial charge in [-0.15, -0.1) is 6.58 Å². The molecule has 0 unspecified atom stereocenters. The summed E-state index contributed by atoms with van der Waals surface area (Å²) in [5.41, 5.74) is 0. The molecule has 0 heterocycles. The summed E-state index contributed by atoms with van der Waals surface area (Å²) in [6.07, 6.45) is 8.44. The third-order valence-electron chi connectivity index (χ3n) is 1.79. The Morgan fingerprint density at radius 2 is 2.00 bits per heavy atom. The van der Waals surface area contributed by atoms with Crippen LogP contribution in [-0.2, 0) is 0 Å². The zero-order valence-corrected chi connectivity index (χ0v) is 10.1. The fraction of sp³-hybridized carbons (Fsp3) is 0.333. The van der Waals surface area contributed by atoms with E-state index in [1.54, 1.807) is 30.4 Å². The van der Waals surface area contributed by atoms with Gasteiger partial charge in [0.25, 0.3) is 0 Å². The first-order chi connectivity index (χ1) is 8.20. The molecule has 0 aliphatic rings. The molecule has 2 atom stereocenters. The molecule has 0 spiro atoms. The predicted octanol–water partition coefficient (Wildman–Crippen LogP) is 1.81. The van der Waals surface area contributed by atoms with Crippen molar-refractivity contribution in [1.82, 2.24) is 0 Å². The molecule has 0 aromatic heterocycles. The topological polar surface area (TPSA) is 40.5 Å². The highest BCUT2D eigenvalue weighted by atomic mass is 16.3. The van der Waals surface area contributed by atoms with E-state index in [9.17, 15) is 5.11 Å². The Labute approximate surface area is 103 Å². The second kappa shape index (κ2) is 10.8. The number of allylic oxidation sites excluding steroid dienone is 3. The largest absolute Gasteiger partial charge is 0.389 e. The highest BCUT2D eigenvalue weighted by Gasteiger charge is 1.91. The Hall–Kier alpha value is -1.74. The number of aliphatic hydroxyl groups excluding tert-OH is 2.